The third-order valence-corrected chi connectivity index (χ3v) is 7.19. The van der Waals surface area contributed by atoms with Crippen LogP contribution in [0.2, 0.25) is 0 Å². The molecule has 3 rings (SSSR count). The van der Waals surface area contributed by atoms with Crippen molar-refractivity contribution in [2.75, 3.05) is 13.7 Å². The van der Waals surface area contributed by atoms with Gasteiger partial charge in [-0.05, 0) is 44.9 Å². The predicted octanol–water partition coefficient (Wildman–Crippen LogP) is 4.26. The Hall–Kier alpha value is -2.22. The topological polar surface area (TPSA) is 68.3 Å². The molecule has 1 aromatic heterocycles. The van der Waals surface area contributed by atoms with Gasteiger partial charge >= 0.3 is 0 Å². The number of aromatic nitrogens is 1. The van der Waals surface area contributed by atoms with E-state index in [1.165, 1.54) is 12.7 Å². The zero-order valence-corrected chi connectivity index (χ0v) is 18.1. The van der Waals surface area contributed by atoms with Crippen LogP contribution in [0.15, 0.2) is 47.4 Å². The molecule has 7 heteroatoms. The lowest BCUT2D eigenvalue weighted by molar-refractivity contribution is 0.402. The maximum atomic E-state index is 12.7. The zero-order valence-electron chi connectivity index (χ0n) is 16.4. The minimum atomic E-state index is -3.65. The van der Waals surface area contributed by atoms with Crippen LogP contribution in [0.4, 0.5) is 0 Å². The van der Waals surface area contributed by atoms with Gasteiger partial charge in [0.05, 0.1) is 12.8 Å². The molecule has 0 atom stereocenters. The van der Waals surface area contributed by atoms with Crippen molar-refractivity contribution in [3.05, 3.63) is 64.2 Å². The van der Waals surface area contributed by atoms with Crippen LogP contribution >= 0.6 is 11.3 Å². The van der Waals surface area contributed by atoms with Gasteiger partial charge in [0.2, 0.25) is 10.0 Å². The van der Waals surface area contributed by atoms with Crippen molar-refractivity contribution in [2.24, 2.45) is 0 Å². The Morgan fingerprint density at radius 1 is 1.04 bits per heavy atom. The van der Waals surface area contributed by atoms with Gasteiger partial charge in [-0.3, -0.25) is 0 Å². The maximum Gasteiger partial charge on any atom is 0.244 e. The molecule has 0 aliphatic rings. The largest absolute Gasteiger partial charge is 0.495 e. The van der Waals surface area contributed by atoms with Crippen LogP contribution in [-0.2, 0) is 16.4 Å². The number of benzene rings is 2. The standard InChI is InChI=1S/C21H24N2O3S2/c1-14-5-8-17(9-6-14)21-23-16(3)19(27-21)11-12-22-28(24,25)20-13-15(2)7-10-18(20)26-4/h5-10,13,22H,11-12H2,1-4H3. The lowest BCUT2D eigenvalue weighted by Gasteiger charge is -2.11. The monoisotopic (exact) mass is 416 g/mol. The fourth-order valence-corrected chi connectivity index (χ4v) is 5.20. The molecule has 0 aliphatic heterocycles. The molecule has 0 fully saturated rings. The minimum Gasteiger partial charge on any atom is -0.495 e. The van der Waals surface area contributed by atoms with Crippen molar-refractivity contribution >= 4 is 21.4 Å². The van der Waals surface area contributed by atoms with Crippen molar-refractivity contribution < 1.29 is 13.2 Å². The van der Waals surface area contributed by atoms with Gasteiger partial charge in [-0.2, -0.15) is 0 Å². The van der Waals surface area contributed by atoms with Crippen molar-refractivity contribution in [1.29, 1.82) is 0 Å². The van der Waals surface area contributed by atoms with E-state index >= 15 is 0 Å². The van der Waals surface area contributed by atoms with Crippen LogP contribution < -0.4 is 9.46 Å². The lowest BCUT2D eigenvalue weighted by Crippen LogP contribution is -2.26. The molecule has 0 spiro atoms. The number of hydrogen-bond donors (Lipinski definition) is 1. The van der Waals surface area contributed by atoms with Gasteiger partial charge in [-0.1, -0.05) is 35.9 Å². The van der Waals surface area contributed by atoms with Crippen LogP contribution in [0.25, 0.3) is 10.6 Å². The molecule has 28 heavy (non-hydrogen) atoms. The highest BCUT2D eigenvalue weighted by molar-refractivity contribution is 7.89. The molecule has 0 aliphatic carbocycles. The summed E-state index contributed by atoms with van der Waals surface area (Å²) in [5, 5.41) is 0.954. The first-order chi connectivity index (χ1) is 13.3. The van der Waals surface area contributed by atoms with E-state index < -0.39 is 10.0 Å². The van der Waals surface area contributed by atoms with E-state index in [9.17, 15) is 8.42 Å². The van der Waals surface area contributed by atoms with E-state index in [1.54, 1.807) is 23.5 Å². The van der Waals surface area contributed by atoms with Gasteiger partial charge < -0.3 is 4.74 Å². The fourth-order valence-electron chi connectivity index (χ4n) is 2.85. The summed E-state index contributed by atoms with van der Waals surface area (Å²) < 4.78 is 33.3. The lowest BCUT2D eigenvalue weighted by atomic mass is 10.2. The Morgan fingerprint density at radius 2 is 1.71 bits per heavy atom. The van der Waals surface area contributed by atoms with Crippen molar-refractivity contribution in [3.8, 4) is 16.3 Å². The second kappa shape index (κ2) is 8.43. The number of sulfonamides is 1. The maximum absolute atomic E-state index is 12.7. The van der Waals surface area contributed by atoms with E-state index in [2.05, 4.69) is 40.9 Å². The van der Waals surface area contributed by atoms with Gasteiger partial charge in [0.25, 0.3) is 0 Å². The minimum absolute atomic E-state index is 0.163. The average molecular weight is 417 g/mol. The van der Waals surface area contributed by atoms with Crippen molar-refractivity contribution in [3.63, 3.8) is 0 Å². The fraction of sp³-hybridized carbons (Fsp3) is 0.286. The zero-order chi connectivity index (χ0) is 20.3. The third kappa shape index (κ3) is 4.60. The molecule has 0 bridgehead atoms. The number of nitrogens with one attached hydrogen (secondary N) is 1. The predicted molar refractivity (Wildman–Crippen MR) is 114 cm³/mol. The summed E-state index contributed by atoms with van der Waals surface area (Å²) in [6.07, 6.45) is 0.586. The number of nitrogens with zero attached hydrogens (tertiary/aromatic N) is 1. The highest BCUT2D eigenvalue weighted by atomic mass is 32.2. The quantitative estimate of drug-likeness (QED) is 0.625. The summed E-state index contributed by atoms with van der Waals surface area (Å²) in [6, 6.07) is 13.4. The third-order valence-electron chi connectivity index (χ3n) is 4.44. The van der Waals surface area contributed by atoms with E-state index in [0.29, 0.717) is 18.7 Å². The number of hydrogen-bond acceptors (Lipinski definition) is 5. The first-order valence-corrected chi connectivity index (χ1v) is 11.3. The summed E-state index contributed by atoms with van der Waals surface area (Å²) in [4.78, 5) is 5.89. The van der Waals surface area contributed by atoms with Crippen LogP contribution in [0, 0.1) is 20.8 Å². The summed E-state index contributed by atoms with van der Waals surface area (Å²) in [7, 11) is -2.18. The molecule has 2 aromatic carbocycles. The first-order valence-electron chi connectivity index (χ1n) is 8.98. The van der Waals surface area contributed by atoms with E-state index in [0.717, 1.165) is 26.7 Å². The number of thiazole rings is 1. The summed E-state index contributed by atoms with van der Waals surface area (Å²) in [5.74, 6) is 0.341. The van der Waals surface area contributed by atoms with E-state index in [4.69, 9.17) is 4.74 Å². The Kier molecular flexibility index (Phi) is 6.17. The van der Waals surface area contributed by atoms with Gasteiger partial charge in [0.1, 0.15) is 15.7 Å². The number of ether oxygens (including phenoxy) is 1. The van der Waals surface area contributed by atoms with Crippen molar-refractivity contribution in [2.45, 2.75) is 32.1 Å². The van der Waals surface area contributed by atoms with E-state index in [1.807, 2.05) is 19.9 Å². The molecule has 148 valence electrons. The van der Waals surface area contributed by atoms with Gasteiger partial charge in [-0.15, -0.1) is 11.3 Å². The van der Waals surface area contributed by atoms with Gasteiger partial charge in [-0.25, -0.2) is 18.1 Å². The smallest absolute Gasteiger partial charge is 0.244 e. The molecule has 0 unspecified atom stereocenters. The van der Waals surface area contributed by atoms with Crippen molar-refractivity contribution in [1.82, 2.24) is 9.71 Å². The van der Waals surface area contributed by atoms with Crippen LogP contribution in [0.3, 0.4) is 0 Å². The first kappa shape index (κ1) is 20.5. The molecule has 5 nitrogen and oxygen atoms in total. The normalized spacial score (nSPS) is 11.6. The summed E-state index contributed by atoms with van der Waals surface area (Å²) in [6.45, 7) is 6.17. The summed E-state index contributed by atoms with van der Waals surface area (Å²) in [5.41, 5.74) is 4.09. The molecule has 0 saturated heterocycles. The number of aryl methyl sites for hydroxylation is 3. The molecule has 3 aromatic rings. The second-order valence-corrected chi connectivity index (χ2v) is 9.51. The Labute approximate surface area is 170 Å². The van der Waals surface area contributed by atoms with Crippen LogP contribution in [0.1, 0.15) is 21.7 Å². The van der Waals surface area contributed by atoms with Gasteiger partial charge in [0.15, 0.2) is 0 Å². The second-order valence-electron chi connectivity index (χ2n) is 6.70. The van der Waals surface area contributed by atoms with Crippen LogP contribution in [0.5, 0.6) is 5.75 Å². The Balaban J connectivity index is 1.71. The van der Waals surface area contributed by atoms with Gasteiger partial charge in [0, 0.05) is 17.0 Å². The van der Waals surface area contributed by atoms with Crippen LogP contribution in [-0.4, -0.2) is 27.1 Å². The summed E-state index contributed by atoms with van der Waals surface area (Å²) >= 11 is 1.60. The molecule has 0 amide bonds. The molecular formula is C21H24N2O3S2. The SMILES string of the molecule is COc1ccc(C)cc1S(=O)(=O)NCCc1sc(-c2ccc(C)cc2)nc1C. The highest BCUT2D eigenvalue weighted by Crippen LogP contribution is 2.29. The molecule has 0 radical (unpaired) electrons. The Morgan fingerprint density at radius 3 is 2.39 bits per heavy atom. The highest BCUT2D eigenvalue weighted by Gasteiger charge is 2.19. The molecule has 0 saturated carbocycles. The molecule has 1 N–H and O–H groups in total. The number of methoxy groups -OCH3 is 1. The molecular weight excluding hydrogens is 392 g/mol. The van der Waals surface area contributed by atoms with E-state index in [-0.39, 0.29) is 4.90 Å². The number of rotatable bonds is 7. The average Bonchev–Trinajstić information content (AvgIpc) is 3.03. The molecule has 1 heterocycles. The Bertz CT molecular complexity index is 1070.